The van der Waals surface area contributed by atoms with Gasteiger partial charge in [0.2, 0.25) is 5.91 Å². The SMILES string of the molecule is O=C(CCN1CCN(c2ccccn2)CC1)NCc1ccncc1. The summed E-state index contributed by atoms with van der Waals surface area (Å²) in [5, 5.41) is 2.96. The Balaban J connectivity index is 1.35. The van der Waals surface area contributed by atoms with Crippen LogP contribution in [0.4, 0.5) is 5.82 Å². The van der Waals surface area contributed by atoms with Gasteiger partial charge in [-0.15, -0.1) is 0 Å². The zero-order valence-electron chi connectivity index (χ0n) is 13.8. The third-order valence-electron chi connectivity index (χ3n) is 4.24. The summed E-state index contributed by atoms with van der Waals surface area (Å²) in [6, 6.07) is 9.82. The van der Waals surface area contributed by atoms with Crippen molar-refractivity contribution in [1.29, 1.82) is 0 Å². The molecule has 1 fully saturated rings. The normalized spacial score (nSPS) is 15.2. The summed E-state index contributed by atoms with van der Waals surface area (Å²) in [6.07, 6.45) is 5.84. The molecule has 0 radical (unpaired) electrons. The zero-order valence-corrected chi connectivity index (χ0v) is 13.8. The van der Waals surface area contributed by atoms with Crippen LogP contribution in [-0.2, 0) is 11.3 Å². The average Bonchev–Trinajstić information content (AvgIpc) is 2.67. The van der Waals surface area contributed by atoms with Gasteiger partial charge in [-0.3, -0.25) is 14.7 Å². The molecule has 0 aliphatic carbocycles. The molecule has 2 aromatic rings. The Hall–Kier alpha value is -2.47. The fourth-order valence-electron chi connectivity index (χ4n) is 2.79. The smallest absolute Gasteiger partial charge is 0.221 e. The molecule has 0 bridgehead atoms. The number of rotatable bonds is 6. The molecular formula is C18H23N5O. The Morgan fingerprint density at radius 1 is 1.04 bits per heavy atom. The number of amides is 1. The van der Waals surface area contributed by atoms with Crippen LogP contribution in [0, 0.1) is 0 Å². The molecule has 1 saturated heterocycles. The fourth-order valence-corrected chi connectivity index (χ4v) is 2.79. The minimum Gasteiger partial charge on any atom is -0.354 e. The molecule has 24 heavy (non-hydrogen) atoms. The summed E-state index contributed by atoms with van der Waals surface area (Å²) >= 11 is 0. The van der Waals surface area contributed by atoms with Crippen LogP contribution in [0.15, 0.2) is 48.9 Å². The quantitative estimate of drug-likeness (QED) is 0.867. The fraction of sp³-hybridized carbons (Fsp3) is 0.389. The largest absolute Gasteiger partial charge is 0.354 e. The minimum absolute atomic E-state index is 0.0963. The molecule has 1 amide bonds. The molecule has 1 N–H and O–H groups in total. The highest BCUT2D eigenvalue weighted by atomic mass is 16.1. The first-order valence-corrected chi connectivity index (χ1v) is 8.35. The third kappa shape index (κ3) is 4.76. The monoisotopic (exact) mass is 325 g/mol. The highest BCUT2D eigenvalue weighted by Gasteiger charge is 2.18. The van der Waals surface area contributed by atoms with E-state index >= 15 is 0 Å². The number of nitrogens with zero attached hydrogens (tertiary/aromatic N) is 4. The predicted octanol–water partition coefficient (Wildman–Crippen LogP) is 1.31. The molecule has 6 nitrogen and oxygen atoms in total. The van der Waals surface area contributed by atoms with E-state index in [4.69, 9.17) is 0 Å². The molecule has 0 atom stereocenters. The number of piperazine rings is 1. The maximum Gasteiger partial charge on any atom is 0.221 e. The molecule has 2 aromatic heterocycles. The van der Waals surface area contributed by atoms with Gasteiger partial charge in [0.25, 0.3) is 0 Å². The summed E-state index contributed by atoms with van der Waals surface area (Å²) in [6.45, 7) is 5.21. The van der Waals surface area contributed by atoms with Gasteiger partial charge in [0, 0.05) is 64.3 Å². The molecule has 0 saturated carbocycles. The zero-order chi connectivity index (χ0) is 16.6. The number of hydrogen-bond acceptors (Lipinski definition) is 5. The second-order valence-electron chi connectivity index (χ2n) is 5.90. The lowest BCUT2D eigenvalue weighted by atomic mass is 10.2. The van der Waals surface area contributed by atoms with Crippen LogP contribution in [0.3, 0.4) is 0 Å². The first-order valence-electron chi connectivity index (χ1n) is 8.35. The van der Waals surface area contributed by atoms with Gasteiger partial charge in [-0.25, -0.2) is 4.98 Å². The molecule has 3 heterocycles. The second-order valence-corrected chi connectivity index (χ2v) is 5.90. The third-order valence-corrected chi connectivity index (χ3v) is 4.24. The highest BCUT2D eigenvalue weighted by Crippen LogP contribution is 2.12. The summed E-state index contributed by atoms with van der Waals surface area (Å²) < 4.78 is 0. The molecule has 0 aromatic carbocycles. The average molecular weight is 325 g/mol. The number of nitrogens with one attached hydrogen (secondary N) is 1. The number of hydrogen-bond donors (Lipinski definition) is 1. The van der Waals surface area contributed by atoms with Gasteiger partial charge in [0.1, 0.15) is 5.82 Å². The maximum atomic E-state index is 12.0. The van der Waals surface area contributed by atoms with Crippen molar-refractivity contribution < 1.29 is 4.79 Å². The Bertz CT molecular complexity index is 626. The van der Waals surface area contributed by atoms with E-state index in [1.54, 1.807) is 12.4 Å². The van der Waals surface area contributed by atoms with Crippen molar-refractivity contribution in [2.24, 2.45) is 0 Å². The molecule has 3 rings (SSSR count). The van der Waals surface area contributed by atoms with Gasteiger partial charge < -0.3 is 10.2 Å². The van der Waals surface area contributed by atoms with Crippen LogP contribution in [0.5, 0.6) is 0 Å². The molecule has 0 spiro atoms. The van der Waals surface area contributed by atoms with Gasteiger partial charge in [-0.05, 0) is 29.8 Å². The Kier molecular flexibility index (Phi) is 5.74. The molecule has 1 aliphatic heterocycles. The van der Waals surface area contributed by atoms with E-state index in [0.29, 0.717) is 13.0 Å². The van der Waals surface area contributed by atoms with Crippen LogP contribution in [0.2, 0.25) is 0 Å². The van der Waals surface area contributed by atoms with Gasteiger partial charge >= 0.3 is 0 Å². The summed E-state index contributed by atoms with van der Waals surface area (Å²) in [4.78, 5) is 25.0. The van der Waals surface area contributed by atoms with Crippen LogP contribution >= 0.6 is 0 Å². The van der Waals surface area contributed by atoms with E-state index in [1.165, 1.54) is 0 Å². The standard InChI is InChI=1S/C18H23N5O/c24-18(21-15-16-4-8-19-9-5-16)6-10-22-11-13-23(14-12-22)17-3-1-2-7-20-17/h1-5,7-9H,6,10-15H2,(H,21,24). The predicted molar refractivity (Wildman–Crippen MR) is 93.6 cm³/mol. The van der Waals surface area contributed by atoms with E-state index in [0.717, 1.165) is 44.1 Å². The maximum absolute atomic E-state index is 12.0. The number of anilines is 1. The van der Waals surface area contributed by atoms with E-state index in [1.807, 2.05) is 36.5 Å². The van der Waals surface area contributed by atoms with Crippen molar-refractivity contribution in [2.45, 2.75) is 13.0 Å². The summed E-state index contributed by atoms with van der Waals surface area (Å²) in [7, 11) is 0. The lowest BCUT2D eigenvalue weighted by Gasteiger charge is -2.35. The highest BCUT2D eigenvalue weighted by molar-refractivity contribution is 5.76. The number of pyridine rings is 2. The number of carbonyl (C=O) groups excluding carboxylic acids is 1. The first kappa shape index (κ1) is 16.4. The van der Waals surface area contributed by atoms with E-state index in [9.17, 15) is 4.79 Å². The van der Waals surface area contributed by atoms with Crippen LogP contribution in [0.1, 0.15) is 12.0 Å². The molecule has 0 unspecified atom stereocenters. The Morgan fingerprint density at radius 2 is 1.83 bits per heavy atom. The minimum atomic E-state index is 0.0963. The van der Waals surface area contributed by atoms with Crippen molar-refractivity contribution in [3.8, 4) is 0 Å². The van der Waals surface area contributed by atoms with Crippen molar-refractivity contribution in [3.63, 3.8) is 0 Å². The van der Waals surface area contributed by atoms with Gasteiger partial charge in [-0.2, -0.15) is 0 Å². The van der Waals surface area contributed by atoms with Crippen LogP contribution in [-0.4, -0.2) is 53.5 Å². The number of aromatic nitrogens is 2. The van der Waals surface area contributed by atoms with Gasteiger partial charge in [0.15, 0.2) is 0 Å². The first-order chi connectivity index (χ1) is 11.8. The molecular weight excluding hydrogens is 302 g/mol. The van der Waals surface area contributed by atoms with E-state index in [-0.39, 0.29) is 5.91 Å². The van der Waals surface area contributed by atoms with E-state index in [2.05, 4.69) is 25.1 Å². The van der Waals surface area contributed by atoms with Crippen molar-refractivity contribution in [2.75, 3.05) is 37.6 Å². The molecule has 1 aliphatic rings. The van der Waals surface area contributed by atoms with Crippen LogP contribution < -0.4 is 10.2 Å². The molecule has 6 heteroatoms. The van der Waals surface area contributed by atoms with Crippen LogP contribution in [0.25, 0.3) is 0 Å². The van der Waals surface area contributed by atoms with Crippen molar-refractivity contribution in [1.82, 2.24) is 20.2 Å². The van der Waals surface area contributed by atoms with Crippen molar-refractivity contribution >= 4 is 11.7 Å². The lowest BCUT2D eigenvalue weighted by molar-refractivity contribution is -0.121. The van der Waals surface area contributed by atoms with E-state index < -0.39 is 0 Å². The summed E-state index contributed by atoms with van der Waals surface area (Å²) in [5.74, 6) is 1.13. The molecule has 126 valence electrons. The number of carbonyl (C=O) groups is 1. The lowest BCUT2D eigenvalue weighted by Crippen LogP contribution is -2.47. The second kappa shape index (κ2) is 8.40. The van der Waals surface area contributed by atoms with Crippen molar-refractivity contribution in [3.05, 3.63) is 54.5 Å². The van der Waals surface area contributed by atoms with Gasteiger partial charge in [-0.1, -0.05) is 6.07 Å². The topological polar surface area (TPSA) is 61.4 Å². The Labute approximate surface area is 142 Å². The van der Waals surface area contributed by atoms with Gasteiger partial charge in [0.05, 0.1) is 0 Å². The Morgan fingerprint density at radius 3 is 2.54 bits per heavy atom. The summed E-state index contributed by atoms with van der Waals surface area (Å²) in [5.41, 5.74) is 1.07.